The van der Waals surface area contributed by atoms with E-state index in [0.29, 0.717) is 0 Å². The van der Waals surface area contributed by atoms with Gasteiger partial charge in [0.05, 0.1) is 22.4 Å². The van der Waals surface area contributed by atoms with Gasteiger partial charge in [-0.15, -0.1) is 0 Å². The summed E-state index contributed by atoms with van der Waals surface area (Å²) >= 11 is 0. The summed E-state index contributed by atoms with van der Waals surface area (Å²) in [6, 6.07) is 69.9. The number of fused-ring (bicyclic) bond motifs is 8. The molecule has 0 saturated heterocycles. The first-order chi connectivity index (χ1) is 28.7. The highest BCUT2D eigenvalue weighted by Crippen LogP contribution is 2.54. The maximum Gasteiger partial charge on any atom is 0.0561 e. The van der Waals surface area contributed by atoms with Crippen LogP contribution in [0.3, 0.4) is 0 Å². The van der Waals surface area contributed by atoms with Crippen LogP contribution in [0, 0.1) is 0 Å². The fraction of sp³-hybridized carbons (Fsp3) is 0.123. The third-order valence-corrected chi connectivity index (χ3v) is 12.9. The van der Waals surface area contributed by atoms with Crippen molar-refractivity contribution in [3.8, 4) is 16.8 Å². The summed E-state index contributed by atoms with van der Waals surface area (Å²) < 4.78 is 2.53. The Morgan fingerprint density at radius 1 is 0.441 bits per heavy atom. The summed E-state index contributed by atoms with van der Waals surface area (Å²) in [6.45, 7) is 11.7. The van der Waals surface area contributed by atoms with Crippen molar-refractivity contribution in [1.29, 1.82) is 0 Å². The lowest BCUT2D eigenvalue weighted by Crippen LogP contribution is -2.19. The van der Waals surface area contributed by atoms with Gasteiger partial charge in [0.2, 0.25) is 0 Å². The highest BCUT2D eigenvalue weighted by molar-refractivity contribution is 6.14. The van der Waals surface area contributed by atoms with E-state index in [0.717, 1.165) is 22.7 Å². The van der Waals surface area contributed by atoms with E-state index in [4.69, 9.17) is 0 Å². The van der Waals surface area contributed by atoms with Gasteiger partial charge in [0.25, 0.3) is 0 Å². The molecule has 2 heterocycles. The van der Waals surface area contributed by atoms with Crippen molar-refractivity contribution in [1.82, 2.24) is 4.57 Å². The molecule has 1 aliphatic heterocycles. The molecule has 0 saturated carbocycles. The van der Waals surface area contributed by atoms with Crippen molar-refractivity contribution in [3.63, 3.8) is 0 Å². The van der Waals surface area contributed by atoms with E-state index in [1.807, 2.05) is 0 Å². The van der Waals surface area contributed by atoms with E-state index in [1.54, 1.807) is 0 Å². The van der Waals surface area contributed by atoms with Crippen molar-refractivity contribution in [2.75, 3.05) is 4.90 Å². The van der Waals surface area contributed by atoms with Crippen LogP contribution in [0.2, 0.25) is 0 Å². The van der Waals surface area contributed by atoms with E-state index >= 15 is 0 Å². The molecule has 1 aliphatic carbocycles. The van der Waals surface area contributed by atoms with Gasteiger partial charge in [-0.1, -0.05) is 168 Å². The third-order valence-electron chi connectivity index (χ3n) is 12.9. The summed E-state index contributed by atoms with van der Waals surface area (Å²) in [4.78, 5) is 2.47. The fourth-order valence-corrected chi connectivity index (χ4v) is 9.96. The van der Waals surface area contributed by atoms with Crippen LogP contribution in [0.4, 0.5) is 17.1 Å². The summed E-state index contributed by atoms with van der Waals surface area (Å²) in [7, 11) is 0. The molecule has 0 N–H and O–H groups in total. The monoisotopic (exact) mass is 758 g/mol. The number of hydrogen-bond donors (Lipinski definition) is 0. The Hall–Kier alpha value is -6.90. The third kappa shape index (κ3) is 5.40. The van der Waals surface area contributed by atoms with Gasteiger partial charge in [-0.25, -0.2) is 0 Å². The Morgan fingerprint density at radius 3 is 1.73 bits per heavy atom. The summed E-state index contributed by atoms with van der Waals surface area (Å²) in [5.41, 5.74) is 21.0. The Labute approximate surface area is 347 Å². The lowest BCUT2D eigenvalue weighted by atomic mass is 9.81. The summed E-state index contributed by atoms with van der Waals surface area (Å²) in [6.07, 6.45) is 0. The maximum atomic E-state index is 2.53. The molecule has 284 valence electrons. The lowest BCUT2D eigenvalue weighted by molar-refractivity contribution is 0.591. The number of nitrogens with zero attached hydrogens (tertiary/aromatic N) is 2. The van der Waals surface area contributed by atoms with Crippen LogP contribution in [0.25, 0.3) is 49.8 Å². The Balaban J connectivity index is 1.24. The van der Waals surface area contributed by atoms with Gasteiger partial charge in [0.15, 0.2) is 0 Å². The predicted octanol–water partition coefficient (Wildman–Crippen LogP) is 15.2. The van der Waals surface area contributed by atoms with Crippen LogP contribution in [0.15, 0.2) is 188 Å². The predicted molar refractivity (Wildman–Crippen MR) is 250 cm³/mol. The summed E-state index contributed by atoms with van der Waals surface area (Å²) in [5.74, 6) is 0. The van der Waals surface area contributed by atoms with Crippen LogP contribution in [-0.2, 0) is 10.8 Å². The van der Waals surface area contributed by atoms with E-state index in [-0.39, 0.29) is 10.8 Å². The number of benzene rings is 8. The molecule has 0 spiro atoms. The average Bonchev–Trinajstić information content (AvgIpc) is 3.70. The number of rotatable bonds is 4. The molecular formula is C57H46N2. The van der Waals surface area contributed by atoms with Crippen molar-refractivity contribution in [2.24, 2.45) is 0 Å². The van der Waals surface area contributed by atoms with E-state index in [2.05, 4.69) is 232 Å². The van der Waals surface area contributed by atoms with Crippen LogP contribution in [0.1, 0.15) is 73.6 Å². The number of hydrogen-bond acceptors (Lipinski definition) is 1. The van der Waals surface area contributed by atoms with Crippen LogP contribution < -0.4 is 4.90 Å². The smallest absolute Gasteiger partial charge is 0.0561 e. The minimum absolute atomic E-state index is 0.0152. The number of aromatic nitrogens is 1. The minimum Gasteiger partial charge on any atom is -0.309 e. The zero-order valence-electron chi connectivity index (χ0n) is 34.3. The van der Waals surface area contributed by atoms with Crippen LogP contribution in [0.5, 0.6) is 0 Å². The first-order valence-electron chi connectivity index (χ1n) is 20.9. The SMILES string of the molecule is CC(C)(C)c1ccc2c(c1)c1cc3c(cc1n2-c1ccc2c(c1)N(c1ccccc1)c1ccccc1C2=C(c1ccccc1)c1ccccc1)C(C)(C)c1ccccc1-3. The molecule has 0 radical (unpaired) electrons. The molecule has 2 heteroatoms. The highest BCUT2D eigenvalue weighted by Gasteiger charge is 2.37. The second kappa shape index (κ2) is 13.1. The first kappa shape index (κ1) is 35.3. The number of para-hydroxylation sites is 2. The standard InChI is InChI=1S/C57H46N2/c1-56(2,3)39-29-32-51-46(33-39)47-35-45-42-25-15-17-27-48(42)57(4,5)49(45)36-53(47)59(51)41-30-31-44-52(34-41)58(40-23-13-8-14-24-40)50-28-18-16-26-43(50)55(44)54(37-19-9-6-10-20-37)38-21-11-7-12-22-38/h6-36H,1-5H3. The Bertz CT molecular complexity index is 3100. The van der Waals surface area contributed by atoms with Gasteiger partial charge in [-0.3, -0.25) is 0 Å². The highest BCUT2D eigenvalue weighted by atomic mass is 15.2. The zero-order valence-corrected chi connectivity index (χ0v) is 34.3. The van der Waals surface area contributed by atoms with E-state index in [1.165, 1.54) is 83.0 Å². The molecule has 8 aromatic carbocycles. The molecule has 0 amide bonds. The molecule has 0 bridgehead atoms. The largest absolute Gasteiger partial charge is 0.309 e. The lowest BCUT2D eigenvalue weighted by Gasteiger charge is -2.36. The first-order valence-corrected chi connectivity index (χ1v) is 20.9. The molecule has 11 rings (SSSR count). The van der Waals surface area contributed by atoms with E-state index < -0.39 is 0 Å². The minimum atomic E-state index is -0.118. The maximum absolute atomic E-state index is 2.53. The summed E-state index contributed by atoms with van der Waals surface area (Å²) in [5, 5.41) is 2.58. The zero-order chi connectivity index (χ0) is 40.0. The van der Waals surface area contributed by atoms with Gasteiger partial charge >= 0.3 is 0 Å². The molecule has 0 fully saturated rings. The normalized spacial score (nSPS) is 13.9. The second-order valence-electron chi connectivity index (χ2n) is 17.8. The molecule has 2 aliphatic rings. The van der Waals surface area contributed by atoms with Crippen molar-refractivity contribution < 1.29 is 0 Å². The fourth-order valence-electron chi connectivity index (χ4n) is 9.96. The van der Waals surface area contributed by atoms with Crippen LogP contribution in [-0.4, -0.2) is 4.57 Å². The molecule has 9 aromatic rings. The molecule has 1 aromatic heterocycles. The van der Waals surface area contributed by atoms with Crippen molar-refractivity contribution >= 4 is 50.0 Å². The van der Waals surface area contributed by atoms with Gasteiger partial charge < -0.3 is 9.47 Å². The second-order valence-corrected chi connectivity index (χ2v) is 17.8. The number of anilines is 3. The topological polar surface area (TPSA) is 8.17 Å². The Morgan fingerprint density at radius 2 is 1.03 bits per heavy atom. The molecule has 2 nitrogen and oxygen atoms in total. The average molecular weight is 759 g/mol. The quantitative estimate of drug-likeness (QED) is 0.174. The van der Waals surface area contributed by atoms with Crippen molar-refractivity contribution in [2.45, 2.75) is 45.4 Å². The van der Waals surface area contributed by atoms with Gasteiger partial charge in [0, 0.05) is 44.3 Å². The molecule has 59 heavy (non-hydrogen) atoms. The van der Waals surface area contributed by atoms with Crippen molar-refractivity contribution in [3.05, 3.63) is 227 Å². The van der Waals surface area contributed by atoms with Crippen LogP contribution >= 0.6 is 0 Å². The molecular weight excluding hydrogens is 713 g/mol. The molecule has 0 atom stereocenters. The van der Waals surface area contributed by atoms with Gasteiger partial charge in [-0.2, -0.15) is 0 Å². The van der Waals surface area contributed by atoms with E-state index in [9.17, 15) is 0 Å². The van der Waals surface area contributed by atoms with Gasteiger partial charge in [-0.05, 0) is 105 Å². The molecule has 0 unspecified atom stereocenters. The van der Waals surface area contributed by atoms with Gasteiger partial charge in [0.1, 0.15) is 0 Å². The Kier molecular flexibility index (Phi) is 7.81.